The van der Waals surface area contributed by atoms with Gasteiger partial charge in [0, 0.05) is 4.47 Å². The molecule has 0 bridgehead atoms. The predicted molar refractivity (Wildman–Crippen MR) is 77.4 cm³/mol. The molecule has 0 nitrogen and oxygen atoms in total. The van der Waals surface area contributed by atoms with Crippen molar-refractivity contribution < 1.29 is 0 Å². The summed E-state index contributed by atoms with van der Waals surface area (Å²) in [5, 5.41) is 0. The van der Waals surface area contributed by atoms with Gasteiger partial charge in [0.2, 0.25) is 0 Å². The second-order valence-electron chi connectivity index (χ2n) is 3.79. The second-order valence-corrected chi connectivity index (χ2v) is 4.64. The third-order valence-electron chi connectivity index (χ3n) is 2.89. The van der Waals surface area contributed by atoms with Crippen LogP contribution in [0.15, 0.2) is 41.4 Å². The molecule has 0 saturated heterocycles. The molecule has 0 heterocycles. The first-order valence-corrected chi connectivity index (χ1v) is 6.06. The highest BCUT2D eigenvalue weighted by molar-refractivity contribution is 9.10. The van der Waals surface area contributed by atoms with Crippen LogP contribution in [0.2, 0.25) is 0 Å². The number of hydrogen-bond donors (Lipinski definition) is 0. The third kappa shape index (κ3) is 2.35. The minimum Gasteiger partial charge on any atom is -0.0984 e. The normalized spacial score (nSPS) is 11.4. The van der Waals surface area contributed by atoms with E-state index >= 15 is 0 Å². The predicted octanol–water partition coefficient (Wildman–Crippen LogP) is 5.38. The molecule has 0 N–H and O–H groups in total. The van der Waals surface area contributed by atoms with Crippen molar-refractivity contribution in [1.29, 1.82) is 0 Å². The van der Waals surface area contributed by atoms with E-state index in [0.717, 1.165) is 21.2 Å². The molecule has 1 aromatic rings. The van der Waals surface area contributed by atoms with Crippen LogP contribution in [0.5, 0.6) is 0 Å². The number of benzene rings is 1. The molecule has 0 saturated carbocycles. The van der Waals surface area contributed by atoms with E-state index in [4.69, 9.17) is 0 Å². The standard InChI is InChI=1S/C15H17Br/c1-6-10(3)11(4)14-8-9-15(16)12(5)13(14)7-2/h6-9H,2,4H2,1,3,5H3/b10-6-. The monoisotopic (exact) mass is 276 g/mol. The van der Waals surface area contributed by atoms with E-state index in [9.17, 15) is 0 Å². The minimum atomic E-state index is 1.06. The van der Waals surface area contributed by atoms with Crippen LogP contribution in [0.25, 0.3) is 11.6 Å². The summed E-state index contributed by atoms with van der Waals surface area (Å²) in [7, 11) is 0. The van der Waals surface area contributed by atoms with Crippen LogP contribution in [-0.4, -0.2) is 0 Å². The molecule has 0 aromatic heterocycles. The van der Waals surface area contributed by atoms with E-state index < -0.39 is 0 Å². The average Bonchev–Trinajstić information content (AvgIpc) is 2.30. The number of hydrogen-bond acceptors (Lipinski definition) is 0. The Bertz CT molecular complexity index is 465. The summed E-state index contributed by atoms with van der Waals surface area (Å²) in [5.41, 5.74) is 5.78. The van der Waals surface area contributed by atoms with Crippen molar-refractivity contribution in [2.24, 2.45) is 0 Å². The first-order valence-electron chi connectivity index (χ1n) is 5.27. The number of halogens is 1. The Morgan fingerprint density at radius 3 is 2.50 bits per heavy atom. The van der Waals surface area contributed by atoms with Crippen LogP contribution in [0, 0.1) is 6.92 Å². The van der Waals surface area contributed by atoms with E-state index in [1.54, 1.807) is 0 Å². The van der Waals surface area contributed by atoms with Gasteiger partial charge in [-0.3, -0.25) is 0 Å². The molecule has 0 radical (unpaired) electrons. The van der Waals surface area contributed by atoms with Gasteiger partial charge in [-0.2, -0.15) is 0 Å². The van der Waals surface area contributed by atoms with Crippen LogP contribution in [0.3, 0.4) is 0 Å². The topological polar surface area (TPSA) is 0 Å². The van der Waals surface area contributed by atoms with E-state index in [0.29, 0.717) is 0 Å². The molecule has 0 atom stereocenters. The van der Waals surface area contributed by atoms with Gasteiger partial charge in [0.1, 0.15) is 0 Å². The fourth-order valence-electron chi connectivity index (χ4n) is 1.61. The maximum absolute atomic E-state index is 4.14. The summed E-state index contributed by atoms with van der Waals surface area (Å²) in [6, 6.07) is 4.15. The molecular formula is C15H17Br. The molecule has 1 aromatic carbocycles. The summed E-state index contributed by atoms with van der Waals surface area (Å²) in [6.45, 7) is 14.2. The van der Waals surface area contributed by atoms with Gasteiger partial charge in [0.05, 0.1) is 0 Å². The van der Waals surface area contributed by atoms with Crippen LogP contribution >= 0.6 is 15.9 Å². The Morgan fingerprint density at radius 1 is 1.38 bits per heavy atom. The highest BCUT2D eigenvalue weighted by Gasteiger charge is 2.09. The fourth-order valence-corrected chi connectivity index (χ4v) is 1.96. The van der Waals surface area contributed by atoms with Gasteiger partial charge in [-0.25, -0.2) is 0 Å². The SMILES string of the molecule is C=Cc1c(C(=C)/C(C)=C\C)ccc(Br)c1C. The van der Waals surface area contributed by atoms with Crippen LogP contribution < -0.4 is 0 Å². The molecule has 1 heteroatoms. The molecule has 0 aliphatic carbocycles. The Balaban J connectivity index is 3.41. The first-order chi connectivity index (χ1) is 7.52. The molecule has 0 fully saturated rings. The number of rotatable bonds is 3. The Morgan fingerprint density at radius 2 is 2.00 bits per heavy atom. The van der Waals surface area contributed by atoms with Crippen molar-refractivity contribution in [3.05, 3.63) is 58.1 Å². The highest BCUT2D eigenvalue weighted by atomic mass is 79.9. The second kappa shape index (κ2) is 5.31. The van der Waals surface area contributed by atoms with E-state index in [1.807, 2.05) is 13.0 Å². The van der Waals surface area contributed by atoms with Gasteiger partial charge in [0.25, 0.3) is 0 Å². The highest BCUT2D eigenvalue weighted by Crippen LogP contribution is 2.30. The molecule has 1 rings (SSSR count). The average molecular weight is 277 g/mol. The minimum absolute atomic E-state index is 1.06. The van der Waals surface area contributed by atoms with Crippen molar-refractivity contribution in [3.8, 4) is 0 Å². The largest absolute Gasteiger partial charge is 0.0984 e. The van der Waals surface area contributed by atoms with Crippen molar-refractivity contribution in [3.63, 3.8) is 0 Å². The number of allylic oxidation sites excluding steroid dienone is 3. The molecule has 0 aliphatic rings. The summed E-state index contributed by atoms with van der Waals surface area (Å²) in [4.78, 5) is 0. The van der Waals surface area contributed by atoms with Crippen LogP contribution in [0.4, 0.5) is 0 Å². The van der Waals surface area contributed by atoms with Crippen molar-refractivity contribution in [2.45, 2.75) is 20.8 Å². The third-order valence-corrected chi connectivity index (χ3v) is 3.75. The fraction of sp³-hybridized carbons (Fsp3) is 0.200. The lowest BCUT2D eigenvalue weighted by Gasteiger charge is -2.13. The Labute approximate surface area is 107 Å². The quantitative estimate of drug-likeness (QED) is 0.651. The Kier molecular flexibility index (Phi) is 4.31. The van der Waals surface area contributed by atoms with Gasteiger partial charge >= 0.3 is 0 Å². The molecule has 84 valence electrons. The smallest absolute Gasteiger partial charge is 0.0210 e. The van der Waals surface area contributed by atoms with Gasteiger partial charge in [-0.1, -0.05) is 47.3 Å². The zero-order valence-corrected chi connectivity index (χ0v) is 11.7. The van der Waals surface area contributed by atoms with Gasteiger partial charge in [-0.15, -0.1) is 0 Å². The lowest BCUT2D eigenvalue weighted by molar-refractivity contribution is 1.37. The summed E-state index contributed by atoms with van der Waals surface area (Å²) in [6.07, 6.45) is 3.97. The lowest BCUT2D eigenvalue weighted by Crippen LogP contribution is -1.93. The van der Waals surface area contributed by atoms with Crippen LogP contribution in [0.1, 0.15) is 30.5 Å². The maximum atomic E-state index is 4.14. The van der Waals surface area contributed by atoms with Gasteiger partial charge in [-0.05, 0) is 54.7 Å². The van der Waals surface area contributed by atoms with Crippen LogP contribution in [-0.2, 0) is 0 Å². The summed E-state index contributed by atoms with van der Waals surface area (Å²) < 4.78 is 1.11. The molecule has 0 spiro atoms. The van der Waals surface area contributed by atoms with E-state index in [1.165, 1.54) is 11.1 Å². The summed E-state index contributed by atoms with van der Waals surface area (Å²) >= 11 is 3.53. The lowest BCUT2D eigenvalue weighted by atomic mass is 9.93. The zero-order chi connectivity index (χ0) is 12.3. The van der Waals surface area contributed by atoms with E-state index in [2.05, 4.69) is 61.1 Å². The van der Waals surface area contributed by atoms with Gasteiger partial charge in [0.15, 0.2) is 0 Å². The summed E-state index contributed by atoms with van der Waals surface area (Å²) in [5.74, 6) is 0. The van der Waals surface area contributed by atoms with Crippen molar-refractivity contribution in [2.75, 3.05) is 0 Å². The van der Waals surface area contributed by atoms with E-state index in [-0.39, 0.29) is 0 Å². The first kappa shape index (κ1) is 13.0. The molecular weight excluding hydrogens is 260 g/mol. The molecule has 0 aliphatic heterocycles. The molecule has 16 heavy (non-hydrogen) atoms. The van der Waals surface area contributed by atoms with Crippen molar-refractivity contribution >= 4 is 27.6 Å². The molecule has 0 unspecified atom stereocenters. The Hall–Kier alpha value is -1.08. The maximum Gasteiger partial charge on any atom is 0.0210 e. The zero-order valence-electron chi connectivity index (χ0n) is 10.1. The molecule has 0 amide bonds. The van der Waals surface area contributed by atoms with Crippen molar-refractivity contribution in [1.82, 2.24) is 0 Å². The van der Waals surface area contributed by atoms with Gasteiger partial charge < -0.3 is 0 Å².